The van der Waals surface area contributed by atoms with Crippen LogP contribution in [0.2, 0.25) is 5.15 Å². The van der Waals surface area contributed by atoms with Gasteiger partial charge in [0, 0.05) is 24.8 Å². The van der Waals surface area contributed by atoms with Crippen molar-refractivity contribution in [1.82, 2.24) is 15.0 Å². The molecule has 98 valence electrons. The summed E-state index contributed by atoms with van der Waals surface area (Å²) in [5.74, 6) is 0.306. The molecule has 19 heavy (non-hydrogen) atoms. The van der Waals surface area contributed by atoms with Crippen LogP contribution >= 0.6 is 23.4 Å². The maximum absolute atomic E-state index is 11.0. The van der Waals surface area contributed by atoms with Gasteiger partial charge in [-0.2, -0.15) is 0 Å². The zero-order chi connectivity index (χ0) is 13.8. The number of hydrogen-bond acceptors (Lipinski definition) is 5. The van der Waals surface area contributed by atoms with Crippen LogP contribution in [0.3, 0.4) is 0 Å². The van der Waals surface area contributed by atoms with Crippen molar-refractivity contribution >= 4 is 35.1 Å². The fraction of sp³-hybridized carbons (Fsp3) is 0.167. The van der Waals surface area contributed by atoms with E-state index in [2.05, 4.69) is 20.3 Å². The van der Waals surface area contributed by atoms with Gasteiger partial charge >= 0.3 is 0 Å². The molecule has 0 radical (unpaired) electrons. The highest BCUT2D eigenvalue weighted by atomic mass is 35.5. The molecular weight excluding hydrogens is 284 g/mol. The quantitative estimate of drug-likeness (QED) is 0.535. The van der Waals surface area contributed by atoms with Crippen molar-refractivity contribution in [3.05, 3.63) is 29.5 Å². The Balaban J connectivity index is 2.41. The van der Waals surface area contributed by atoms with E-state index in [-0.39, 0.29) is 5.91 Å². The van der Waals surface area contributed by atoms with Crippen molar-refractivity contribution in [2.75, 3.05) is 11.6 Å². The highest BCUT2D eigenvalue weighted by Gasteiger charge is 2.07. The van der Waals surface area contributed by atoms with Gasteiger partial charge in [0.05, 0.1) is 5.69 Å². The molecule has 0 saturated heterocycles. The predicted octanol–water partition coefficient (Wildman–Crippen LogP) is 2.87. The first-order valence-electron chi connectivity index (χ1n) is 5.41. The van der Waals surface area contributed by atoms with E-state index in [9.17, 15) is 4.79 Å². The van der Waals surface area contributed by atoms with E-state index < -0.39 is 0 Å². The second-order valence-corrected chi connectivity index (χ2v) is 4.83. The molecule has 0 saturated carbocycles. The fourth-order valence-electron chi connectivity index (χ4n) is 1.47. The molecule has 0 aliphatic heterocycles. The van der Waals surface area contributed by atoms with Crippen LogP contribution in [0.1, 0.15) is 6.92 Å². The monoisotopic (exact) mass is 294 g/mol. The molecule has 5 nitrogen and oxygen atoms in total. The molecule has 2 heterocycles. The van der Waals surface area contributed by atoms with Gasteiger partial charge < -0.3 is 5.32 Å². The highest BCUT2D eigenvalue weighted by Crippen LogP contribution is 2.24. The Hall–Kier alpha value is -1.66. The number of carbonyl (C=O) groups excluding carboxylic acids is 1. The number of halogens is 1. The summed E-state index contributed by atoms with van der Waals surface area (Å²) < 4.78 is 0. The second-order valence-electron chi connectivity index (χ2n) is 3.67. The Bertz CT molecular complexity index is 620. The molecule has 0 fully saturated rings. The number of pyridine rings is 1. The van der Waals surface area contributed by atoms with Crippen LogP contribution in [-0.4, -0.2) is 27.1 Å². The molecule has 7 heteroatoms. The summed E-state index contributed by atoms with van der Waals surface area (Å²) in [4.78, 5) is 23.5. The number of nitrogens with one attached hydrogen (secondary N) is 1. The number of aromatic nitrogens is 3. The third-order valence-electron chi connectivity index (χ3n) is 2.22. The van der Waals surface area contributed by atoms with Crippen LogP contribution in [0.15, 0.2) is 29.6 Å². The summed E-state index contributed by atoms with van der Waals surface area (Å²) >= 11 is 7.37. The van der Waals surface area contributed by atoms with Crippen LogP contribution in [0.4, 0.5) is 5.82 Å². The lowest BCUT2D eigenvalue weighted by molar-refractivity contribution is -0.114. The number of rotatable bonds is 3. The van der Waals surface area contributed by atoms with Crippen LogP contribution in [0, 0.1) is 0 Å². The summed E-state index contributed by atoms with van der Waals surface area (Å²) in [5.41, 5.74) is 1.51. The Kier molecular flexibility index (Phi) is 4.34. The van der Waals surface area contributed by atoms with Crippen LogP contribution in [-0.2, 0) is 4.79 Å². The van der Waals surface area contributed by atoms with Gasteiger partial charge in [0.2, 0.25) is 5.91 Å². The minimum Gasteiger partial charge on any atom is -0.311 e. The molecule has 0 aromatic carbocycles. The van der Waals surface area contributed by atoms with E-state index in [1.54, 1.807) is 24.4 Å². The zero-order valence-corrected chi connectivity index (χ0v) is 11.9. The van der Waals surface area contributed by atoms with Crippen molar-refractivity contribution in [1.29, 1.82) is 0 Å². The average molecular weight is 295 g/mol. The largest absolute Gasteiger partial charge is 0.311 e. The Morgan fingerprint density at radius 3 is 2.84 bits per heavy atom. The zero-order valence-electron chi connectivity index (χ0n) is 10.3. The first kappa shape index (κ1) is 13.8. The predicted molar refractivity (Wildman–Crippen MR) is 76.4 cm³/mol. The van der Waals surface area contributed by atoms with Crippen LogP contribution in [0.25, 0.3) is 11.3 Å². The Morgan fingerprint density at radius 1 is 1.37 bits per heavy atom. The third-order valence-corrected chi connectivity index (χ3v) is 2.96. The summed E-state index contributed by atoms with van der Waals surface area (Å²) in [6.45, 7) is 1.43. The van der Waals surface area contributed by atoms with Gasteiger partial charge in [-0.15, -0.1) is 0 Å². The SMILES string of the molecule is CSc1nc(Cl)cc(-c2ccnc(NC(C)=O)c2)n1. The van der Waals surface area contributed by atoms with Gasteiger partial charge in [0.25, 0.3) is 0 Å². The molecule has 1 N–H and O–H groups in total. The van der Waals surface area contributed by atoms with Gasteiger partial charge in [-0.3, -0.25) is 4.79 Å². The van der Waals surface area contributed by atoms with Crippen molar-refractivity contribution in [3.63, 3.8) is 0 Å². The molecule has 0 bridgehead atoms. The maximum atomic E-state index is 11.0. The van der Waals surface area contributed by atoms with E-state index >= 15 is 0 Å². The van der Waals surface area contributed by atoms with Crippen molar-refractivity contribution in [2.24, 2.45) is 0 Å². The lowest BCUT2D eigenvalue weighted by atomic mass is 10.2. The molecule has 2 aromatic rings. The van der Waals surface area contributed by atoms with Crippen molar-refractivity contribution in [2.45, 2.75) is 12.1 Å². The average Bonchev–Trinajstić information content (AvgIpc) is 2.37. The number of anilines is 1. The Morgan fingerprint density at radius 2 is 2.16 bits per heavy atom. The number of nitrogens with zero attached hydrogens (tertiary/aromatic N) is 3. The fourth-order valence-corrected chi connectivity index (χ4v) is 2.09. The van der Waals surface area contributed by atoms with Gasteiger partial charge in [-0.05, 0) is 18.4 Å². The number of thioether (sulfide) groups is 1. The molecular formula is C12H11ClN4OS. The van der Waals surface area contributed by atoms with E-state index in [1.165, 1.54) is 18.7 Å². The number of carbonyl (C=O) groups is 1. The normalized spacial score (nSPS) is 10.3. The smallest absolute Gasteiger partial charge is 0.222 e. The standard InChI is InChI=1S/C12H11ClN4OS/c1-7(18)15-11-5-8(3-4-14-11)9-6-10(13)17-12(16-9)19-2/h3-6H,1-2H3,(H,14,15,18). The molecule has 0 aliphatic rings. The van der Waals surface area contributed by atoms with Crippen molar-refractivity contribution < 1.29 is 4.79 Å². The number of amides is 1. The maximum Gasteiger partial charge on any atom is 0.222 e. The first-order valence-corrected chi connectivity index (χ1v) is 7.01. The van der Waals surface area contributed by atoms with Gasteiger partial charge in [0.1, 0.15) is 11.0 Å². The highest BCUT2D eigenvalue weighted by molar-refractivity contribution is 7.98. The molecule has 0 aliphatic carbocycles. The first-order chi connectivity index (χ1) is 9.08. The molecule has 0 atom stereocenters. The molecule has 1 amide bonds. The van der Waals surface area contributed by atoms with Crippen LogP contribution in [0.5, 0.6) is 0 Å². The third kappa shape index (κ3) is 3.65. The summed E-state index contributed by atoms with van der Waals surface area (Å²) in [6, 6.07) is 5.21. The van der Waals surface area contributed by atoms with E-state index in [0.29, 0.717) is 21.8 Å². The number of hydrogen-bond donors (Lipinski definition) is 1. The second kappa shape index (κ2) is 5.99. The molecule has 2 rings (SSSR count). The van der Waals surface area contributed by atoms with Crippen molar-refractivity contribution in [3.8, 4) is 11.3 Å². The summed E-state index contributed by atoms with van der Waals surface area (Å²) in [6.07, 6.45) is 3.49. The molecule has 0 spiro atoms. The topological polar surface area (TPSA) is 67.8 Å². The molecule has 0 unspecified atom stereocenters. The lowest BCUT2D eigenvalue weighted by Gasteiger charge is -2.06. The summed E-state index contributed by atoms with van der Waals surface area (Å²) in [5, 5.41) is 3.61. The van der Waals surface area contributed by atoms with Gasteiger partial charge in [-0.25, -0.2) is 15.0 Å². The summed E-state index contributed by atoms with van der Waals surface area (Å²) in [7, 11) is 0. The van der Waals surface area contributed by atoms with Crippen LogP contribution < -0.4 is 5.32 Å². The van der Waals surface area contributed by atoms with Gasteiger partial charge in [-0.1, -0.05) is 23.4 Å². The van der Waals surface area contributed by atoms with E-state index in [0.717, 1.165) is 5.56 Å². The minimum atomic E-state index is -0.171. The lowest BCUT2D eigenvalue weighted by Crippen LogP contribution is -2.07. The van der Waals surface area contributed by atoms with E-state index in [1.807, 2.05) is 6.26 Å². The van der Waals surface area contributed by atoms with E-state index in [4.69, 9.17) is 11.6 Å². The van der Waals surface area contributed by atoms with Gasteiger partial charge in [0.15, 0.2) is 5.16 Å². The Labute approximate surface area is 119 Å². The molecule has 2 aromatic heterocycles. The minimum absolute atomic E-state index is 0.171.